The maximum absolute atomic E-state index is 13.5. The van der Waals surface area contributed by atoms with Crippen LogP contribution in [0.15, 0.2) is 12.1 Å². The van der Waals surface area contributed by atoms with Crippen LogP contribution in [0.4, 0.5) is 14.5 Å². The highest BCUT2D eigenvalue weighted by molar-refractivity contribution is 5.78. The van der Waals surface area contributed by atoms with Crippen molar-refractivity contribution in [3.8, 4) is 6.07 Å². The van der Waals surface area contributed by atoms with Crippen LogP contribution < -0.4 is 10.6 Å². The van der Waals surface area contributed by atoms with Gasteiger partial charge in [0.25, 0.3) is 0 Å². The van der Waals surface area contributed by atoms with E-state index in [9.17, 15) is 13.6 Å². The number of hydrogen-bond acceptors (Lipinski definition) is 3. The van der Waals surface area contributed by atoms with Crippen LogP contribution in [0.3, 0.4) is 0 Å². The van der Waals surface area contributed by atoms with Gasteiger partial charge < -0.3 is 10.6 Å². The molecule has 1 fully saturated rings. The molecule has 0 saturated carbocycles. The van der Waals surface area contributed by atoms with Gasteiger partial charge in [0.1, 0.15) is 5.69 Å². The van der Waals surface area contributed by atoms with Gasteiger partial charge in [-0.25, -0.2) is 8.78 Å². The highest BCUT2D eigenvalue weighted by Crippen LogP contribution is 2.21. The number of nitrogens with one attached hydrogen (secondary N) is 2. The van der Waals surface area contributed by atoms with Gasteiger partial charge in [0.15, 0.2) is 11.6 Å². The summed E-state index contributed by atoms with van der Waals surface area (Å²) in [6, 6.07) is 3.50. The Morgan fingerprint density at radius 3 is 2.61 bits per heavy atom. The van der Waals surface area contributed by atoms with E-state index in [0.29, 0.717) is 12.8 Å². The van der Waals surface area contributed by atoms with E-state index in [-0.39, 0.29) is 29.7 Å². The molecule has 1 atom stereocenters. The molecule has 0 aliphatic carbocycles. The monoisotopic (exact) mass is 251 g/mol. The fraction of sp³-hybridized carbons (Fsp3) is 0.333. The molecule has 0 bridgehead atoms. The Morgan fingerprint density at radius 2 is 2.11 bits per heavy atom. The molecular formula is C12H11F2N3O. The number of rotatable bonds is 3. The van der Waals surface area contributed by atoms with Crippen molar-refractivity contribution in [2.75, 3.05) is 11.9 Å². The Kier molecular flexibility index (Phi) is 3.42. The summed E-state index contributed by atoms with van der Waals surface area (Å²) in [4.78, 5) is 11.0. The number of carbonyl (C=O) groups is 1. The van der Waals surface area contributed by atoms with Crippen LogP contribution in [0.1, 0.15) is 18.4 Å². The number of nitriles is 1. The molecule has 94 valence electrons. The summed E-state index contributed by atoms with van der Waals surface area (Å²) >= 11 is 0. The maximum atomic E-state index is 13.5. The van der Waals surface area contributed by atoms with Crippen molar-refractivity contribution < 1.29 is 13.6 Å². The highest BCUT2D eigenvalue weighted by Gasteiger charge is 2.21. The summed E-state index contributed by atoms with van der Waals surface area (Å²) in [6.07, 6.45) is 1.08. The lowest BCUT2D eigenvalue weighted by atomic mass is 10.2. The topological polar surface area (TPSA) is 64.9 Å². The van der Waals surface area contributed by atoms with Gasteiger partial charge in [-0.1, -0.05) is 0 Å². The molecule has 1 aliphatic rings. The van der Waals surface area contributed by atoms with E-state index in [1.54, 1.807) is 6.07 Å². The molecule has 2 rings (SSSR count). The fourth-order valence-electron chi connectivity index (χ4n) is 1.86. The standard InChI is InChI=1S/C12H11F2N3O/c13-9-3-7(5-15)4-10(14)12(9)16-6-8-1-2-11(18)17-8/h3-4,8,16H,1-2,6H2,(H,17,18). The number of amides is 1. The average molecular weight is 251 g/mol. The Bertz CT molecular complexity index is 502. The molecule has 0 aromatic heterocycles. The lowest BCUT2D eigenvalue weighted by Gasteiger charge is -2.13. The van der Waals surface area contributed by atoms with Crippen molar-refractivity contribution in [2.24, 2.45) is 0 Å². The molecule has 0 spiro atoms. The summed E-state index contributed by atoms with van der Waals surface area (Å²) in [5.41, 5.74) is -0.333. The van der Waals surface area contributed by atoms with Crippen LogP contribution in [-0.4, -0.2) is 18.5 Å². The molecule has 4 nitrogen and oxygen atoms in total. The van der Waals surface area contributed by atoms with Crippen molar-refractivity contribution in [3.05, 3.63) is 29.3 Å². The summed E-state index contributed by atoms with van der Waals surface area (Å²) in [5.74, 6) is -1.67. The van der Waals surface area contributed by atoms with Crippen LogP contribution in [0.2, 0.25) is 0 Å². The zero-order chi connectivity index (χ0) is 13.1. The number of halogens is 2. The SMILES string of the molecule is N#Cc1cc(F)c(NCC2CCC(=O)N2)c(F)c1. The van der Waals surface area contributed by atoms with Crippen molar-refractivity contribution >= 4 is 11.6 Å². The molecule has 18 heavy (non-hydrogen) atoms. The molecule has 1 aromatic carbocycles. The van der Waals surface area contributed by atoms with E-state index in [2.05, 4.69) is 10.6 Å². The van der Waals surface area contributed by atoms with E-state index >= 15 is 0 Å². The number of carbonyl (C=O) groups excluding carboxylic acids is 1. The third-order valence-electron chi connectivity index (χ3n) is 2.78. The summed E-state index contributed by atoms with van der Waals surface area (Å²) < 4.78 is 27.0. The number of benzene rings is 1. The number of anilines is 1. The van der Waals surface area contributed by atoms with Gasteiger partial charge in [-0.15, -0.1) is 0 Å². The molecule has 0 radical (unpaired) electrons. The first-order valence-electron chi connectivity index (χ1n) is 5.52. The highest BCUT2D eigenvalue weighted by atomic mass is 19.1. The third-order valence-corrected chi connectivity index (χ3v) is 2.78. The Morgan fingerprint density at radius 1 is 1.44 bits per heavy atom. The second-order valence-corrected chi connectivity index (χ2v) is 4.11. The van der Waals surface area contributed by atoms with Crippen LogP contribution >= 0.6 is 0 Å². The molecular weight excluding hydrogens is 240 g/mol. The Hall–Kier alpha value is -2.16. The lowest BCUT2D eigenvalue weighted by Crippen LogP contribution is -2.32. The van der Waals surface area contributed by atoms with Crippen molar-refractivity contribution in [1.29, 1.82) is 5.26 Å². The Balaban J connectivity index is 2.06. The second kappa shape index (κ2) is 5.00. The van der Waals surface area contributed by atoms with Gasteiger partial charge in [-0.2, -0.15) is 5.26 Å². The summed E-state index contributed by atoms with van der Waals surface area (Å²) in [5, 5.41) is 13.9. The zero-order valence-corrected chi connectivity index (χ0v) is 9.46. The van der Waals surface area contributed by atoms with Gasteiger partial charge >= 0.3 is 0 Å². The predicted molar refractivity (Wildman–Crippen MR) is 60.7 cm³/mol. The van der Waals surface area contributed by atoms with E-state index < -0.39 is 11.6 Å². The zero-order valence-electron chi connectivity index (χ0n) is 9.46. The minimum absolute atomic E-state index is 0.0532. The van der Waals surface area contributed by atoms with Crippen LogP contribution in [0.5, 0.6) is 0 Å². The first-order valence-corrected chi connectivity index (χ1v) is 5.52. The minimum Gasteiger partial charge on any atom is -0.378 e. The average Bonchev–Trinajstić information content (AvgIpc) is 2.73. The van der Waals surface area contributed by atoms with Gasteiger partial charge in [0.05, 0.1) is 11.6 Å². The van der Waals surface area contributed by atoms with Crippen LogP contribution in [0, 0.1) is 23.0 Å². The maximum Gasteiger partial charge on any atom is 0.220 e. The number of nitrogens with zero attached hydrogens (tertiary/aromatic N) is 1. The third kappa shape index (κ3) is 2.56. The number of hydrogen-bond donors (Lipinski definition) is 2. The summed E-state index contributed by atoms with van der Waals surface area (Å²) in [6.45, 7) is 0.255. The molecule has 1 aromatic rings. The largest absolute Gasteiger partial charge is 0.378 e. The smallest absolute Gasteiger partial charge is 0.220 e. The molecule has 1 unspecified atom stereocenters. The van der Waals surface area contributed by atoms with E-state index in [4.69, 9.17) is 5.26 Å². The predicted octanol–water partition coefficient (Wildman–Crippen LogP) is 1.53. The van der Waals surface area contributed by atoms with Gasteiger partial charge in [0, 0.05) is 19.0 Å². The van der Waals surface area contributed by atoms with Gasteiger partial charge in [-0.05, 0) is 18.6 Å². The lowest BCUT2D eigenvalue weighted by molar-refractivity contribution is -0.119. The quantitative estimate of drug-likeness (QED) is 0.856. The molecule has 1 heterocycles. The molecule has 1 aliphatic heterocycles. The first kappa shape index (κ1) is 12.3. The van der Waals surface area contributed by atoms with Crippen molar-refractivity contribution in [2.45, 2.75) is 18.9 Å². The van der Waals surface area contributed by atoms with Crippen molar-refractivity contribution in [1.82, 2.24) is 5.32 Å². The second-order valence-electron chi connectivity index (χ2n) is 4.11. The van der Waals surface area contributed by atoms with E-state index in [1.165, 1.54) is 0 Å². The normalized spacial score (nSPS) is 18.3. The van der Waals surface area contributed by atoms with Gasteiger partial charge in [0.2, 0.25) is 5.91 Å². The van der Waals surface area contributed by atoms with Crippen LogP contribution in [0.25, 0.3) is 0 Å². The van der Waals surface area contributed by atoms with E-state index in [1.807, 2.05) is 0 Å². The van der Waals surface area contributed by atoms with Crippen molar-refractivity contribution in [3.63, 3.8) is 0 Å². The molecule has 2 N–H and O–H groups in total. The first-order chi connectivity index (χ1) is 8.60. The minimum atomic E-state index is -0.809. The van der Waals surface area contributed by atoms with Gasteiger partial charge in [-0.3, -0.25) is 4.79 Å². The molecule has 1 amide bonds. The summed E-state index contributed by atoms with van der Waals surface area (Å²) in [7, 11) is 0. The molecule has 6 heteroatoms. The fourth-order valence-corrected chi connectivity index (χ4v) is 1.86. The van der Waals surface area contributed by atoms with E-state index in [0.717, 1.165) is 12.1 Å². The van der Waals surface area contributed by atoms with Crippen LogP contribution in [-0.2, 0) is 4.79 Å². The Labute approximate surface area is 103 Å². The molecule has 1 saturated heterocycles.